The van der Waals surface area contributed by atoms with Gasteiger partial charge in [0.2, 0.25) is 0 Å². The third-order valence-electron chi connectivity index (χ3n) is 2.79. The van der Waals surface area contributed by atoms with Crippen molar-refractivity contribution in [3.63, 3.8) is 0 Å². The topological polar surface area (TPSA) is 52.6 Å². The van der Waals surface area contributed by atoms with Gasteiger partial charge in [-0.3, -0.25) is 4.18 Å². The van der Waals surface area contributed by atoms with Crippen LogP contribution in [-0.4, -0.2) is 27.7 Å². The first kappa shape index (κ1) is 12.5. The van der Waals surface area contributed by atoms with E-state index in [9.17, 15) is 8.42 Å². The Hall–Kier alpha value is -0.910. The molecule has 1 saturated heterocycles. The second-order valence-electron chi connectivity index (χ2n) is 4.13. The number of rotatable bonds is 3. The lowest BCUT2D eigenvalue weighted by Gasteiger charge is -2.22. The van der Waals surface area contributed by atoms with Crippen molar-refractivity contribution in [2.75, 3.05) is 13.2 Å². The minimum Gasteiger partial charge on any atom is -0.381 e. The maximum atomic E-state index is 12.1. The molecule has 0 atom stereocenters. The Balaban J connectivity index is 2.16. The lowest BCUT2D eigenvalue weighted by atomic mass is 10.2. The van der Waals surface area contributed by atoms with Crippen LogP contribution in [0.4, 0.5) is 0 Å². The molecule has 0 unspecified atom stereocenters. The lowest BCUT2D eigenvalue weighted by molar-refractivity contribution is 0.0284. The van der Waals surface area contributed by atoms with Gasteiger partial charge in [-0.1, -0.05) is 18.2 Å². The molecule has 94 valence electrons. The van der Waals surface area contributed by atoms with Crippen LogP contribution in [0.1, 0.15) is 18.4 Å². The molecule has 5 heteroatoms. The molecule has 0 saturated carbocycles. The van der Waals surface area contributed by atoms with Gasteiger partial charge in [-0.05, 0) is 31.4 Å². The molecule has 0 radical (unpaired) electrons. The van der Waals surface area contributed by atoms with Crippen molar-refractivity contribution in [1.29, 1.82) is 0 Å². The average molecular weight is 256 g/mol. The molecule has 1 aromatic carbocycles. The monoisotopic (exact) mass is 256 g/mol. The van der Waals surface area contributed by atoms with Gasteiger partial charge >= 0.3 is 0 Å². The Labute approximate surface area is 102 Å². The smallest absolute Gasteiger partial charge is 0.297 e. The summed E-state index contributed by atoms with van der Waals surface area (Å²) in [6.45, 7) is 2.89. The van der Waals surface area contributed by atoms with Gasteiger partial charge in [0.15, 0.2) is 0 Å². The molecule has 1 aliphatic heterocycles. The predicted molar refractivity (Wildman–Crippen MR) is 63.3 cm³/mol. The van der Waals surface area contributed by atoms with E-state index in [4.69, 9.17) is 8.92 Å². The summed E-state index contributed by atoms with van der Waals surface area (Å²) in [6.07, 6.45) is 1.00. The van der Waals surface area contributed by atoms with Crippen LogP contribution >= 0.6 is 0 Å². The van der Waals surface area contributed by atoms with Gasteiger partial charge in [0.05, 0.1) is 11.0 Å². The zero-order valence-corrected chi connectivity index (χ0v) is 10.6. The van der Waals surface area contributed by atoms with Crippen molar-refractivity contribution in [3.8, 4) is 0 Å². The van der Waals surface area contributed by atoms with E-state index in [-0.39, 0.29) is 11.0 Å². The minimum absolute atomic E-state index is 0.256. The highest BCUT2D eigenvalue weighted by atomic mass is 32.2. The predicted octanol–water partition coefficient (Wildman–Crippen LogP) is 1.88. The summed E-state index contributed by atoms with van der Waals surface area (Å²) in [4.78, 5) is 0.256. The van der Waals surface area contributed by atoms with Crippen LogP contribution in [-0.2, 0) is 19.0 Å². The van der Waals surface area contributed by atoms with E-state index in [1.54, 1.807) is 25.1 Å². The molecule has 0 aliphatic carbocycles. The van der Waals surface area contributed by atoms with Crippen molar-refractivity contribution in [1.82, 2.24) is 0 Å². The first-order chi connectivity index (χ1) is 8.09. The quantitative estimate of drug-likeness (QED) is 0.775. The van der Waals surface area contributed by atoms with E-state index in [0.717, 1.165) is 0 Å². The van der Waals surface area contributed by atoms with Gasteiger partial charge < -0.3 is 4.74 Å². The van der Waals surface area contributed by atoms with Crippen LogP contribution in [0.3, 0.4) is 0 Å². The molecule has 0 spiro atoms. The minimum atomic E-state index is -3.65. The zero-order chi connectivity index (χ0) is 12.3. The second-order valence-corrected chi connectivity index (χ2v) is 5.67. The van der Waals surface area contributed by atoms with E-state index in [1.807, 2.05) is 6.07 Å². The molecule has 1 fully saturated rings. The molecule has 1 aromatic rings. The highest BCUT2D eigenvalue weighted by molar-refractivity contribution is 7.86. The molecule has 17 heavy (non-hydrogen) atoms. The molecule has 0 amide bonds. The zero-order valence-electron chi connectivity index (χ0n) is 9.76. The fraction of sp³-hybridized carbons (Fsp3) is 0.500. The van der Waals surface area contributed by atoms with E-state index in [0.29, 0.717) is 31.6 Å². The Morgan fingerprint density at radius 3 is 2.53 bits per heavy atom. The molecular weight excluding hydrogens is 240 g/mol. The number of aryl methyl sites for hydroxylation is 1. The van der Waals surface area contributed by atoms with Gasteiger partial charge in [-0.15, -0.1) is 0 Å². The maximum Gasteiger partial charge on any atom is 0.297 e. The fourth-order valence-electron chi connectivity index (χ4n) is 1.84. The van der Waals surface area contributed by atoms with Gasteiger partial charge in [0.1, 0.15) is 0 Å². The molecule has 0 N–H and O–H groups in total. The van der Waals surface area contributed by atoms with Gasteiger partial charge in [0, 0.05) is 13.2 Å². The number of hydrogen-bond acceptors (Lipinski definition) is 4. The van der Waals surface area contributed by atoms with Crippen LogP contribution < -0.4 is 0 Å². The Morgan fingerprint density at radius 2 is 1.88 bits per heavy atom. The molecule has 4 nitrogen and oxygen atoms in total. The summed E-state index contributed by atoms with van der Waals surface area (Å²) in [5.74, 6) is 0. The van der Waals surface area contributed by atoms with E-state index >= 15 is 0 Å². The van der Waals surface area contributed by atoms with Crippen molar-refractivity contribution in [3.05, 3.63) is 29.8 Å². The highest BCUT2D eigenvalue weighted by Gasteiger charge is 2.24. The average Bonchev–Trinajstić information content (AvgIpc) is 2.30. The van der Waals surface area contributed by atoms with E-state index in [2.05, 4.69) is 0 Å². The molecule has 2 rings (SSSR count). The third kappa shape index (κ3) is 3.06. The van der Waals surface area contributed by atoms with E-state index in [1.165, 1.54) is 0 Å². The van der Waals surface area contributed by atoms with Crippen molar-refractivity contribution in [2.24, 2.45) is 0 Å². The summed E-state index contributed by atoms with van der Waals surface area (Å²) in [5, 5.41) is 0. The largest absolute Gasteiger partial charge is 0.381 e. The van der Waals surface area contributed by atoms with Crippen LogP contribution in [0.25, 0.3) is 0 Å². The van der Waals surface area contributed by atoms with Crippen molar-refractivity contribution < 1.29 is 17.3 Å². The number of hydrogen-bond donors (Lipinski definition) is 0. The first-order valence-corrected chi connectivity index (χ1v) is 7.07. The third-order valence-corrected chi connectivity index (χ3v) is 4.32. The Morgan fingerprint density at radius 1 is 1.24 bits per heavy atom. The fourth-order valence-corrected chi connectivity index (χ4v) is 3.20. The summed E-state index contributed by atoms with van der Waals surface area (Å²) in [6, 6.07) is 6.85. The van der Waals surface area contributed by atoms with Crippen LogP contribution in [0.15, 0.2) is 29.2 Å². The highest BCUT2D eigenvalue weighted by Crippen LogP contribution is 2.21. The standard InChI is InChI=1S/C12H16O4S/c1-10-4-2-3-5-12(10)17(13,14)16-11-6-8-15-9-7-11/h2-5,11H,6-9H2,1H3. The molecule has 0 aromatic heterocycles. The van der Waals surface area contributed by atoms with Crippen LogP contribution in [0.2, 0.25) is 0 Å². The molecule has 1 aliphatic rings. The van der Waals surface area contributed by atoms with Crippen molar-refractivity contribution >= 4 is 10.1 Å². The SMILES string of the molecule is Cc1ccccc1S(=O)(=O)OC1CCOCC1. The van der Waals surface area contributed by atoms with Crippen LogP contribution in [0, 0.1) is 6.92 Å². The molecular formula is C12H16O4S. The number of ether oxygens (including phenoxy) is 1. The summed E-state index contributed by atoms with van der Waals surface area (Å²) in [5.41, 5.74) is 0.708. The van der Waals surface area contributed by atoms with Gasteiger partial charge in [-0.25, -0.2) is 0 Å². The molecule has 1 heterocycles. The Kier molecular flexibility index (Phi) is 3.81. The van der Waals surface area contributed by atoms with Gasteiger partial charge in [0.25, 0.3) is 10.1 Å². The lowest BCUT2D eigenvalue weighted by Crippen LogP contribution is -2.26. The second kappa shape index (κ2) is 5.16. The van der Waals surface area contributed by atoms with Gasteiger partial charge in [-0.2, -0.15) is 8.42 Å². The van der Waals surface area contributed by atoms with Crippen molar-refractivity contribution in [2.45, 2.75) is 30.8 Å². The molecule has 0 bridgehead atoms. The maximum absolute atomic E-state index is 12.1. The Bertz CT molecular complexity index is 475. The summed E-state index contributed by atoms with van der Waals surface area (Å²) < 4.78 is 34.5. The normalized spacial score (nSPS) is 18.2. The first-order valence-electron chi connectivity index (χ1n) is 5.66. The summed E-state index contributed by atoms with van der Waals surface area (Å²) in [7, 11) is -3.65. The number of benzene rings is 1. The summed E-state index contributed by atoms with van der Waals surface area (Å²) >= 11 is 0. The van der Waals surface area contributed by atoms with E-state index < -0.39 is 10.1 Å². The van der Waals surface area contributed by atoms with Crippen LogP contribution in [0.5, 0.6) is 0 Å².